The van der Waals surface area contributed by atoms with Crippen LogP contribution in [-0.2, 0) is 9.59 Å². The smallest absolute Gasteiger partial charge is 0.267 e. The molecule has 1 N–H and O–H groups in total. The SMILES string of the molecule is O=C(CSc1nnc(N2CCN(C(=O)[C@@H]3COc4ccccc4O3)CC2)s1)Nc1ccccc1. The third-order valence-electron chi connectivity index (χ3n) is 5.43. The zero-order valence-electron chi connectivity index (χ0n) is 18.3. The molecule has 1 atom stereocenters. The molecular weight excluding hydrogens is 474 g/mol. The van der Waals surface area contributed by atoms with Crippen LogP contribution in [0.4, 0.5) is 10.8 Å². The first-order valence-corrected chi connectivity index (χ1v) is 12.7. The Kier molecular flexibility index (Phi) is 6.82. The summed E-state index contributed by atoms with van der Waals surface area (Å²) in [5.74, 6) is 1.38. The van der Waals surface area contributed by atoms with Gasteiger partial charge in [-0.25, -0.2) is 0 Å². The van der Waals surface area contributed by atoms with E-state index in [1.54, 1.807) is 0 Å². The van der Waals surface area contributed by atoms with Crippen LogP contribution in [0.5, 0.6) is 11.5 Å². The highest BCUT2D eigenvalue weighted by Gasteiger charge is 2.33. The number of amides is 2. The van der Waals surface area contributed by atoms with Gasteiger partial charge in [0.15, 0.2) is 15.8 Å². The van der Waals surface area contributed by atoms with E-state index < -0.39 is 6.10 Å². The number of piperazine rings is 1. The number of anilines is 2. The Balaban J connectivity index is 1.09. The summed E-state index contributed by atoms with van der Waals surface area (Å²) in [4.78, 5) is 29.0. The van der Waals surface area contributed by atoms with Crippen LogP contribution in [0.3, 0.4) is 0 Å². The predicted octanol–water partition coefficient (Wildman–Crippen LogP) is 2.76. The molecule has 11 heteroatoms. The Morgan fingerprint density at radius 2 is 1.74 bits per heavy atom. The second-order valence-corrected chi connectivity index (χ2v) is 9.91. The van der Waals surface area contributed by atoms with Crippen LogP contribution in [0.2, 0.25) is 0 Å². The normalized spacial score (nSPS) is 17.4. The van der Waals surface area contributed by atoms with E-state index in [0.29, 0.717) is 37.7 Å². The Morgan fingerprint density at radius 1 is 1.00 bits per heavy atom. The van der Waals surface area contributed by atoms with E-state index in [1.165, 1.54) is 23.1 Å². The van der Waals surface area contributed by atoms with Crippen molar-refractivity contribution in [2.24, 2.45) is 0 Å². The fourth-order valence-electron chi connectivity index (χ4n) is 3.70. The van der Waals surface area contributed by atoms with Crippen molar-refractivity contribution in [1.82, 2.24) is 15.1 Å². The maximum atomic E-state index is 12.9. The number of hydrogen-bond donors (Lipinski definition) is 1. The molecule has 2 aliphatic heterocycles. The number of fused-ring (bicyclic) bond motifs is 1. The van der Waals surface area contributed by atoms with Crippen molar-refractivity contribution in [3.63, 3.8) is 0 Å². The number of carbonyl (C=O) groups excluding carboxylic acids is 2. The largest absolute Gasteiger partial charge is 0.485 e. The number of nitrogens with one attached hydrogen (secondary N) is 1. The molecule has 0 bridgehead atoms. The van der Waals surface area contributed by atoms with Crippen molar-refractivity contribution in [2.75, 3.05) is 48.8 Å². The lowest BCUT2D eigenvalue weighted by Gasteiger charge is -2.36. The molecule has 1 aromatic heterocycles. The molecule has 176 valence electrons. The highest BCUT2D eigenvalue weighted by atomic mass is 32.2. The van der Waals surface area contributed by atoms with E-state index in [2.05, 4.69) is 20.4 Å². The number of para-hydroxylation sites is 3. The number of rotatable bonds is 6. The van der Waals surface area contributed by atoms with Gasteiger partial charge in [0.05, 0.1) is 5.75 Å². The van der Waals surface area contributed by atoms with E-state index in [0.717, 1.165) is 15.2 Å². The minimum Gasteiger partial charge on any atom is -0.485 e. The van der Waals surface area contributed by atoms with Crippen molar-refractivity contribution in [3.8, 4) is 11.5 Å². The average molecular weight is 498 g/mol. The monoisotopic (exact) mass is 497 g/mol. The van der Waals surface area contributed by atoms with Crippen molar-refractivity contribution < 1.29 is 19.1 Å². The number of carbonyl (C=O) groups is 2. The van der Waals surface area contributed by atoms with Gasteiger partial charge >= 0.3 is 0 Å². The van der Waals surface area contributed by atoms with Crippen molar-refractivity contribution in [2.45, 2.75) is 10.4 Å². The fourth-order valence-corrected chi connectivity index (χ4v) is 5.39. The third kappa shape index (κ3) is 5.26. The van der Waals surface area contributed by atoms with Gasteiger partial charge < -0.3 is 24.6 Å². The molecule has 0 saturated carbocycles. The van der Waals surface area contributed by atoms with Crippen LogP contribution in [0, 0.1) is 0 Å². The zero-order valence-corrected chi connectivity index (χ0v) is 19.9. The van der Waals surface area contributed by atoms with E-state index in [-0.39, 0.29) is 24.2 Å². The average Bonchev–Trinajstić information content (AvgIpc) is 3.37. The molecule has 2 amide bonds. The van der Waals surface area contributed by atoms with Gasteiger partial charge in [0.2, 0.25) is 17.1 Å². The van der Waals surface area contributed by atoms with Crippen LogP contribution < -0.4 is 19.7 Å². The van der Waals surface area contributed by atoms with Gasteiger partial charge in [0, 0.05) is 31.9 Å². The molecule has 3 aromatic rings. The molecule has 1 fully saturated rings. The number of ether oxygens (including phenoxy) is 2. The van der Waals surface area contributed by atoms with E-state index in [9.17, 15) is 9.59 Å². The Hall–Kier alpha value is -3.31. The molecule has 0 spiro atoms. The Labute approximate surface area is 205 Å². The minimum absolute atomic E-state index is 0.0629. The first kappa shape index (κ1) is 22.5. The highest BCUT2D eigenvalue weighted by molar-refractivity contribution is 8.01. The second kappa shape index (κ2) is 10.3. The molecule has 0 aliphatic carbocycles. The van der Waals surface area contributed by atoms with Crippen molar-refractivity contribution >= 4 is 45.7 Å². The maximum absolute atomic E-state index is 12.9. The summed E-state index contributed by atoms with van der Waals surface area (Å²) < 4.78 is 12.3. The van der Waals surface area contributed by atoms with E-state index in [1.807, 2.05) is 59.5 Å². The molecule has 5 rings (SSSR count). The summed E-state index contributed by atoms with van der Waals surface area (Å²) in [6.07, 6.45) is -0.631. The van der Waals surface area contributed by atoms with E-state index >= 15 is 0 Å². The molecule has 2 aliphatic rings. The van der Waals surface area contributed by atoms with Gasteiger partial charge in [-0.15, -0.1) is 10.2 Å². The number of benzene rings is 2. The Morgan fingerprint density at radius 3 is 2.53 bits per heavy atom. The quantitative estimate of drug-likeness (QED) is 0.520. The Bertz CT molecular complexity index is 1150. The van der Waals surface area contributed by atoms with Crippen LogP contribution in [0.1, 0.15) is 0 Å². The zero-order chi connectivity index (χ0) is 23.3. The molecule has 2 aromatic carbocycles. The molecular formula is C23H23N5O4S2. The van der Waals surface area contributed by atoms with Gasteiger partial charge in [0.1, 0.15) is 6.61 Å². The van der Waals surface area contributed by atoms with Gasteiger partial charge in [-0.3, -0.25) is 9.59 Å². The summed E-state index contributed by atoms with van der Waals surface area (Å²) >= 11 is 2.82. The van der Waals surface area contributed by atoms with Crippen molar-refractivity contribution in [1.29, 1.82) is 0 Å². The summed E-state index contributed by atoms with van der Waals surface area (Å²) in [5, 5.41) is 12.1. The molecule has 3 heterocycles. The third-order valence-corrected chi connectivity index (χ3v) is 7.54. The molecule has 0 unspecified atom stereocenters. The molecule has 34 heavy (non-hydrogen) atoms. The number of nitrogens with zero attached hydrogens (tertiary/aromatic N) is 4. The molecule has 0 radical (unpaired) electrons. The fraction of sp³-hybridized carbons (Fsp3) is 0.304. The number of hydrogen-bond acceptors (Lipinski definition) is 9. The van der Waals surface area contributed by atoms with Crippen LogP contribution in [-0.4, -0.2) is 71.6 Å². The minimum atomic E-state index is -0.631. The summed E-state index contributed by atoms with van der Waals surface area (Å²) in [5.41, 5.74) is 0.771. The lowest BCUT2D eigenvalue weighted by molar-refractivity contribution is -0.141. The van der Waals surface area contributed by atoms with Crippen molar-refractivity contribution in [3.05, 3.63) is 54.6 Å². The standard InChI is InChI=1S/C23H23N5O4S2/c29-20(24-16-6-2-1-3-7-16)15-33-23-26-25-22(34-23)28-12-10-27(11-13-28)21(30)19-14-31-17-8-4-5-9-18(17)32-19/h1-9,19H,10-15H2,(H,24,29)/t19-/m0/s1. The summed E-state index contributed by atoms with van der Waals surface area (Å²) in [6, 6.07) is 16.7. The van der Waals surface area contributed by atoms with Gasteiger partial charge in [-0.05, 0) is 24.3 Å². The van der Waals surface area contributed by atoms with E-state index in [4.69, 9.17) is 9.47 Å². The van der Waals surface area contributed by atoms with Gasteiger partial charge in [-0.2, -0.15) is 0 Å². The maximum Gasteiger partial charge on any atom is 0.267 e. The topological polar surface area (TPSA) is 96.9 Å². The van der Waals surface area contributed by atoms with Crippen LogP contribution >= 0.6 is 23.1 Å². The first-order valence-electron chi connectivity index (χ1n) is 10.9. The van der Waals surface area contributed by atoms with Crippen LogP contribution in [0.15, 0.2) is 58.9 Å². The lowest BCUT2D eigenvalue weighted by atomic mass is 10.2. The molecule has 1 saturated heterocycles. The molecule has 9 nitrogen and oxygen atoms in total. The van der Waals surface area contributed by atoms with Crippen LogP contribution in [0.25, 0.3) is 0 Å². The number of aromatic nitrogens is 2. The summed E-state index contributed by atoms with van der Waals surface area (Å²) in [6.45, 7) is 2.67. The second-order valence-electron chi connectivity index (χ2n) is 7.73. The highest BCUT2D eigenvalue weighted by Crippen LogP contribution is 2.32. The van der Waals surface area contributed by atoms with Gasteiger partial charge in [-0.1, -0.05) is 53.4 Å². The first-order chi connectivity index (χ1) is 16.7. The van der Waals surface area contributed by atoms with Gasteiger partial charge in [0.25, 0.3) is 5.91 Å². The number of thioether (sulfide) groups is 1. The lowest BCUT2D eigenvalue weighted by Crippen LogP contribution is -2.54. The summed E-state index contributed by atoms with van der Waals surface area (Å²) in [7, 11) is 0. The predicted molar refractivity (Wildman–Crippen MR) is 131 cm³/mol.